The van der Waals surface area contributed by atoms with Crippen LogP contribution in [0.25, 0.3) is 0 Å². The van der Waals surface area contributed by atoms with Crippen LogP contribution in [-0.4, -0.2) is 66.9 Å². The number of likely N-dealkylation sites (tertiary alicyclic amines) is 1. The Balaban J connectivity index is 1.58. The summed E-state index contributed by atoms with van der Waals surface area (Å²) in [7, 11) is 3.38. The predicted octanol–water partition coefficient (Wildman–Crippen LogP) is 3.73. The second kappa shape index (κ2) is 9.45. The minimum atomic E-state index is -4.63. The predicted molar refractivity (Wildman–Crippen MR) is 127 cm³/mol. The zero-order valence-corrected chi connectivity index (χ0v) is 20.5. The van der Waals surface area contributed by atoms with E-state index >= 15 is 0 Å². The van der Waals surface area contributed by atoms with Gasteiger partial charge in [-0.15, -0.1) is 0 Å². The van der Waals surface area contributed by atoms with Crippen molar-refractivity contribution in [1.29, 1.82) is 5.26 Å². The summed E-state index contributed by atoms with van der Waals surface area (Å²) in [6.45, 7) is 3.36. The lowest BCUT2D eigenvalue weighted by Gasteiger charge is -2.43. The van der Waals surface area contributed by atoms with Gasteiger partial charge in [-0.1, -0.05) is 6.07 Å². The van der Waals surface area contributed by atoms with Crippen LogP contribution in [0.15, 0.2) is 36.5 Å². The van der Waals surface area contributed by atoms with Crippen LogP contribution in [0.4, 0.5) is 18.9 Å². The van der Waals surface area contributed by atoms with Crippen LogP contribution in [0.1, 0.15) is 40.0 Å². The Labute approximate surface area is 208 Å². The molecule has 1 spiro atoms. The normalized spacial score (nSPS) is 19.3. The molecule has 1 aromatic heterocycles. The number of alkyl halides is 3. The van der Waals surface area contributed by atoms with Crippen LogP contribution in [0, 0.1) is 29.6 Å². The van der Waals surface area contributed by atoms with Crippen molar-refractivity contribution in [2.24, 2.45) is 11.3 Å². The summed E-state index contributed by atoms with van der Waals surface area (Å²) in [4.78, 5) is 35.8. The molecule has 0 saturated carbocycles. The first-order valence-electron chi connectivity index (χ1n) is 11.8. The van der Waals surface area contributed by atoms with Crippen LogP contribution in [0.3, 0.4) is 0 Å². The van der Waals surface area contributed by atoms with E-state index < -0.39 is 28.6 Å². The molecule has 190 valence electrons. The van der Waals surface area contributed by atoms with Crippen LogP contribution in [-0.2, 0) is 11.0 Å². The molecule has 1 unspecified atom stereocenters. The first kappa shape index (κ1) is 25.5. The number of amides is 2. The molecule has 2 aromatic rings. The van der Waals surface area contributed by atoms with Gasteiger partial charge in [0.15, 0.2) is 0 Å². The third-order valence-electron chi connectivity index (χ3n) is 7.44. The lowest BCUT2D eigenvalue weighted by Crippen LogP contribution is -2.48. The largest absolute Gasteiger partial charge is 0.417 e. The molecule has 2 fully saturated rings. The number of hydrogen-bond donors (Lipinski definition) is 0. The summed E-state index contributed by atoms with van der Waals surface area (Å²) < 4.78 is 40.4. The highest BCUT2D eigenvalue weighted by atomic mass is 19.4. The molecule has 3 heterocycles. The third kappa shape index (κ3) is 4.62. The van der Waals surface area contributed by atoms with Gasteiger partial charge in [0.05, 0.1) is 23.1 Å². The second-order valence-electron chi connectivity index (χ2n) is 9.83. The van der Waals surface area contributed by atoms with E-state index in [2.05, 4.69) is 4.98 Å². The first-order valence-corrected chi connectivity index (χ1v) is 11.8. The van der Waals surface area contributed by atoms with Gasteiger partial charge in [0.1, 0.15) is 5.69 Å². The van der Waals surface area contributed by atoms with Crippen molar-refractivity contribution in [1.82, 2.24) is 14.8 Å². The number of anilines is 1. The molecule has 2 amide bonds. The van der Waals surface area contributed by atoms with Gasteiger partial charge in [-0.05, 0) is 49.6 Å². The van der Waals surface area contributed by atoms with Gasteiger partial charge in [0.2, 0.25) is 5.91 Å². The summed E-state index contributed by atoms with van der Waals surface area (Å²) >= 11 is 0. The number of pyridine rings is 1. The number of piperidine rings is 1. The topological polar surface area (TPSA) is 80.5 Å². The van der Waals surface area contributed by atoms with E-state index in [-0.39, 0.29) is 18.4 Å². The van der Waals surface area contributed by atoms with Crippen molar-refractivity contribution in [3.8, 4) is 6.07 Å². The number of nitriles is 1. The Bertz CT molecular complexity index is 1210. The minimum Gasteiger partial charge on any atom is -0.371 e. The highest BCUT2D eigenvalue weighted by Crippen LogP contribution is 2.47. The molecular formula is C26H28F3N5O2. The number of benzene rings is 1. The summed E-state index contributed by atoms with van der Waals surface area (Å²) in [5.74, 6) is -0.686. The Hall–Kier alpha value is -3.61. The molecule has 0 aliphatic carbocycles. The molecule has 1 aromatic carbocycles. The van der Waals surface area contributed by atoms with Gasteiger partial charge in [0.25, 0.3) is 5.91 Å². The number of aryl methyl sites for hydroxylation is 1. The molecule has 0 N–H and O–H groups in total. The van der Waals surface area contributed by atoms with Crippen LogP contribution in [0.2, 0.25) is 0 Å². The highest BCUT2D eigenvalue weighted by Gasteiger charge is 2.53. The van der Waals surface area contributed by atoms with E-state index in [4.69, 9.17) is 5.26 Å². The van der Waals surface area contributed by atoms with Crippen molar-refractivity contribution in [3.05, 3.63) is 58.9 Å². The van der Waals surface area contributed by atoms with Gasteiger partial charge in [-0.3, -0.25) is 14.6 Å². The lowest BCUT2D eigenvalue weighted by molar-refractivity contribution is -0.138. The van der Waals surface area contributed by atoms with Gasteiger partial charge < -0.3 is 14.7 Å². The van der Waals surface area contributed by atoms with Gasteiger partial charge in [0, 0.05) is 57.6 Å². The van der Waals surface area contributed by atoms with E-state index in [9.17, 15) is 22.8 Å². The fourth-order valence-electron chi connectivity index (χ4n) is 5.41. The number of rotatable bonds is 3. The Morgan fingerprint density at radius 1 is 1.19 bits per heavy atom. The standard InChI is InChI=1S/C26H28F3N5O2/c1-17-5-4-10-31-22(17)24(36)34-15-21(23(35)32(2)3)25(16-34)8-11-33(12-9-25)19-7-6-18(14-30)20(13-19)26(27,28)29/h4-7,10,13,21H,8-9,11-12,15-16H2,1-3H3. The average molecular weight is 500 g/mol. The summed E-state index contributed by atoms with van der Waals surface area (Å²) in [6.07, 6.45) is -1.97. The number of halogens is 3. The van der Waals surface area contributed by atoms with Crippen molar-refractivity contribution in [3.63, 3.8) is 0 Å². The maximum absolute atomic E-state index is 13.5. The fraction of sp³-hybridized carbons (Fsp3) is 0.462. The van der Waals surface area contributed by atoms with Gasteiger partial charge in [-0.2, -0.15) is 18.4 Å². The van der Waals surface area contributed by atoms with Gasteiger partial charge in [-0.25, -0.2) is 0 Å². The smallest absolute Gasteiger partial charge is 0.371 e. The van der Waals surface area contributed by atoms with Gasteiger partial charge >= 0.3 is 6.18 Å². The number of hydrogen-bond acceptors (Lipinski definition) is 5. The van der Waals surface area contributed by atoms with Crippen molar-refractivity contribution in [2.75, 3.05) is 45.2 Å². The Morgan fingerprint density at radius 2 is 1.89 bits per heavy atom. The molecule has 7 nitrogen and oxygen atoms in total. The van der Waals surface area contributed by atoms with E-state index in [0.717, 1.165) is 11.6 Å². The molecule has 2 aliphatic heterocycles. The molecule has 0 bridgehead atoms. The zero-order chi connectivity index (χ0) is 26.3. The maximum Gasteiger partial charge on any atom is 0.417 e. The SMILES string of the molecule is Cc1cccnc1C(=O)N1CC(C(=O)N(C)C)C2(CCN(c3ccc(C#N)c(C(F)(F)F)c3)CC2)C1. The number of carbonyl (C=O) groups excluding carboxylic acids is 2. The molecule has 10 heteroatoms. The van der Waals surface area contributed by atoms with Crippen LogP contribution in [0.5, 0.6) is 0 Å². The van der Waals surface area contributed by atoms with E-state index in [0.29, 0.717) is 43.9 Å². The maximum atomic E-state index is 13.5. The summed E-state index contributed by atoms with van der Waals surface area (Å²) in [5, 5.41) is 9.08. The van der Waals surface area contributed by atoms with Crippen molar-refractivity contribution >= 4 is 17.5 Å². The molecule has 36 heavy (non-hydrogen) atoms. The molecule has 2 aliphatic rings. The molecule has 2 saturated heterocycles. The van der Waals surface area contributed by atoms with Crippen LogP contribution >= 0.6 is 0 Å². The molecule has 4 rings (SSSR count). The average Bonchev–Trinajstić information content (AvgIpc) is 3.21. The molecule has 1 atom stereocenters. The number of nitrogens with zero attached hydrogens (tertiary/aromatic N) is 5. The fourth-order valence-corrected chi connectivity index (χ4v) is 5.41. The summed E-state index contributed by atoms with van der Waals surface area (Å²) in [6, 6.07) is 8.94. The highest BCUT2D eigenvalue weighted by molar-refractivity contribution is 5.94. The summed E-state index contributed by atoms with van der Waals surface area (Å²) in [5.41, 5.74) is -0.328. The quantitative estimate of drug-likeness (QED) is 0.643. The monoisotopic (exact) mass is 499 g/mol. The Morgan fingerprint density at radius 3 is 2.47 bits per heavy atom. The Kier molecular flexibility index (Phi) is 6.69. The van der Waals surface area contributed by atoms with E-state index in [1.54, 1.807) is 37.3 Å². The molecular weight excluding hydrogens is 471 g/mol. The number of carbonyl (C=O) groups is 2. The minimum absolute atomic E-state index is 0.0609. The van der Waals surface area contributed by atoms with Crippen molar-refractivity contribution in [2.45, 2.75) is 25.9 Å². The number of aromatic nitrogens is 1. The van der Waals surface area contributed by atoms with E-state index in [1.807, 2.05) is 17.9 Å². The lowest BCUT2D eigenvalue weighted by atomic mass is 9.70. The first-order chi connectivity index (χ1) is 17.0. The van der Waals surface area contributed by atoms with Crippen LogP contribution < -0.4 is 4.90 Å². The second-order valence-corrected chi connectivity index (χ2v) is 9.83. The molecule has 0 radical (unpaired) electrons. The van der Waals surface area contributed by atoms with E-state index in [1.165, 1.54) is 17.0 Å². The zero-order valence-electron chi connectivity index (χ0n) is 20.5. The third-order valence-corrected chi connectivity index (χ3v) is 7.44. The van der Waals surface area contributed by atoms with Crippen molar-refractivity contribution < 1.29 is 22.8 Å².